The molecule has 0 radical (unpaired) electrons. The van der Waals surface area contributed by atoms with Crippen molar-refractivity contribution in [3.05, 3.63) is 0 Å². The third-order valence-corrected chi connectivity index (χ3v) is 1.69. The standard InChI is InChI=1S/C11H21NO4/c1-5-6-15-10(13)7-12(4)11(14)16-8-9(2)3/h9H,5-8H2,1-4H3. The molecule has 0 aliphatic carbocycles. The Morgan fingerprint density at radius 2 is 1.88 bits per heavy atom. The molecule has 0 spiro atoms. The second-order valence-corrected chi connectivity index (χ2v) is 4.05. The molecular weight excluding hydrogens is 210 g/mol. The number of rotatable bonds is 6. The van der Waals surface area contributed by atoms with Crippen molar-refractivity contribution in [3.63, 3.8) is 0 Å². The molecule has 16 heavy (non-hydrogen) atoms. The van der Waals surface area contributed by atoms with E-state index < -0.39 is 12.1 Å². The van der Waals surface area contributed by atoms with Crippen molar-refractivity contribution >= 4 is 12.1 Å². The van der Waals surface area contributed by atoms with E-state index in [1.807, 2.05) is 20.8 Å². The van der Waals surface area contributed by atoms with E-state index in [2.05, 4.69) is 0 Å². The van der Waals surface area contributed by atoms with E-state index in [9.17, 15) is 9.59 Å². The molecule has 1 amide bonds. The minimum Gasteiger partial charge on any atom is -0.464 e. The molecule has 5 nitrogen and oxygen atoms in total. The van der Waals surface area contributed by atoms with Crippen molar-refractivity contribution in [1.29, 1.82) is 0 Å². The number of carbonyl (C=O) groups excluding carboxylic acids is 2. The van der Waals surface area contributed by atoms with Gasteiger partial charge in [0, 0.05) is 7.05 Å². The molecule has 5 heteroatoms. The van der Waals surface area contributed by atoms with Crippen molar-refractivity contribution in [2.45, 2.75) is 27.2 Å². The molecule has 0 aliphatic heterocycles. The molecule has 0 heterocycles. The fourth-order valence-corrected chi connectivity index (χ4v) is 0.868. The third-order valence-electron chi connectivity index (χ3n) is 1.69. The van der Waals surface area contributed by atoms with Gasteiger partial charge in [0.25, 0.3) is 0 Å². The first-order valence-corrected chi connectivity index (χ1v) is 5.50. The number of hydrogen-bond acceptors (Lipinski definition) is 4. The average molecular weight is 231 g/mol. The Morgan fingerprint density at radius 3 is 2.38 bits per heavy atom. The van der Waals surface area contributed by atoms with Crippen molar-refractivity contribution in [2.24, 2.45) is 5.92 Å². The van der Waals surface area contributed by atoms with Gasteiger partial charge in [0.15, 0.2) is 0 Å². The van der Waals surface area contributed by atoms with Gasteiger partial charge >= 0.3 is 12.1 Å². The molecule has 0 atom stereocenters. The fourth-order valence-electron chi connectivity index (χ4n) is 0.868. The van der Waals surface area contributed by atoms with Crippen LogP contribution in [0.15, 0.2) is 0 Å². The highest BCUT2D eigenvalue weighted by Crippen LogP contribution is 1.97. The van der Waals surface area contributed by atoms with Crippen LogP contribution in [0, 0.1) is 5.92 Å². The van der Waals surface area contributed by atoms with Crippen LogP contribution in [0.2, 0.25) is 0 Å². The van der Waals surface area contributed by atoms with E-state index in [1.165, 1.54) is 11.9 Å². The minimum absolute atomic E-state index is 0.0725. The van der Waals surface area contributed by atoms with Crippen molar-refractivity contribution in [1.82, 2.24) is 4.90 Å². The lowest BCUT2D eigenvalue weighted by atomic mass is 10.2. The summed E-state index contributed by atoms with van der Waals surface area (Å²) in [7, 11) is 1.51. The quantitative estimate of drug-likeness (QED) is 0.652. The highest BCUT2D eigenvalue weighted by Gasteiger charge is 2.15. The van der Waals surface area contributed by atoms with Gasteiger partial charge in [-0.3, -0.25) is 4.79 Å². The summed E-state index contributed by atoms with van der Waals surface area (Å²) in [5.41, 5.74) is 0. The van der Waals surface area contributed by atoms with Crippen molar-refractivity contribution in [2.75, 3.05) is 26.8 Å². The summed E-state index contributed by atoms with van der Waals surface area (Å²) < 4.78 is 9.80. The maximum Gasteiger partial charge on any atom is 0.410 e. The van der Waals surface area contributed by atoms with Gasteiger partial charge in [0.05, 0.1) is 13.2 Å². The fraction of sp³-hybridized carbons (Fsp3) is 0.818. The maximum absolute atomic E-state index is 11.4. The smallest absolute Gasteiger partial charge is 0.410 e. The van der Waals surface area contributed by atoms with Crippen LogP contribution in [-0.2, 0) is 14.3 Å². The largest absolute Gasteiger partial charge is 0.464 e. The van der Waals surface area contributed by atoms with Gasteiger partial charge < -0.3 is 14.4 Å². The molecule has 0 aromatic rings. The summed E-state index contributed by atoms with van der Waals surface area (Å²) in [5.74, 6) is -0.129. The van der Waals surface area contributed by atoms with E-state index in [0.29, 0.717) is 13.2 Å². The summed E-state index contributed by atoms with van der Waals surface area (Å²) in [6.07, 6.45) is 0.273. The number of esters is 1. The molecule has 0 fully saturated rings. The van der Waals surface area contributed by atoms with Crippen LogP contribution in [0.4, 0.5) is 4.79 Å². The Kier molecular flexibility index (Phi) is 7.33. The number of nitrogens with zero attached hydrogens (tertiary/aromatic N) is 1. The molecule has 0 N–H and O–H groups in total. The minimum atomic E-state index is -0.498. The normalized spacial score (nSPS) is 10.1. The summed E-state index contributed by atoms with van der Waals surface area (Å²) >= 11 is 0. The first-order chi connectivity index (χ1) is 7.47. The lowest BCUT2D eigenvalue weighted by Gasteiger charge is -2.16. The summed E-state index contributed by atoms with van der Waals surface area (Å²) in [5, 5.41) is 0. The van der Waals surface area contributed by atoms with Gasteiger partial charge in [-0.05, 0) is 12.3 Å². The van der Waals surface area contributed by atoms with Crippen LogP contribution in [0.5, 0.6) is 0 Å². The number of carbonyl (C=O) groups is 2. The predicted octanol–water partition coefficient (Wildman–Crippen LogP) is 1.66. The number of ether oxygens (including phenoxy) is 2. The summed E-state index contributed by atoms with van der Waals surface area (Å²) in [4.78, 5) is 23.7. The van der Waals surface area contributed by atoms with E-state index in [0.717, 1.165) is 6.42 Å². The molecule has 0 aromatic heterocycles. The van der Waals surface area contributed by atoms with Gasteiger partial charge in [0.1, 0.15) is 6.54 Å². The zero-order valence-corrected chi connectivity index (χ0v) is 10.5. The van der Waals surface area contributed by atoms with Crippen LogP contribution >= 0.6 is 0 Å². The van der Waals surface area contributed by atoms with E-state index in [4.69, 9.17) is 9.47 Å². The third kappa shape index (κ3) is 7.09. The zero-order chi connectivity index (χ0) is 12.6. The molecular formula is C11H21NO4. The van der Waals surface area contributed by atoms with E-state index >= 15 is 0 Å². The number of likely N-dealkylation sites (N-methyl/N-ethyl adjacent to an activating group) is 1. The highest BCUT2D eigenvalue weighted by atomic mass is 16.6. The molecule has 0 bridgehead atoms. The molecule has 0 saturated heterocycles. The molecule has 0 rings (SSSR count). The van der Waals surface area contributed by atoms with Gasteiger partial charge in [0.2, 0.25) is 0 Å². The molecule has 0 unspecified atom stereocenters. The van der Waals surface area contributed by atoms with Crippen LogP contribution in [0.25, 0.3) is 0 Å². The topological polar surface area (TPSA) is 55.8 Å². The molecule has 0 aliphatic rings. The lowest BCUT2D eigenvalue weighted by Crippen LogP contribution is -2.34. The predicted molar refractivity (Wildman–Crippen MR) is 60.1 cm³/mol. The van der Waals surface area contributed by atoms with Gasteiger partial charge in [-0.1, -0.05) is 20.8 Å². The Morgan fingerprint density at radius 1 is 1.25 bits per heavy atom. The molecule has 0 aromatic carbocycles. The first-order valence-electron chi connectivity index (χ1n) is 5.50. The summed E-state index contributed by atoms with van der Waals surface area (Å²) in [6, 6.07) is 0. The Hall–Kier alpha value is -1.26. The lowest BCUT2D eigenvalue weighted by molar-refractivity contribution is -0.144. The number of amides is 1. The SMILES string of the molecule is CCCOC(=O)CN(C)C(=O)OCC(C)C. The first kappa shape index (κ1) is 14.7. The van der Waals surface area contributed by atoms with Gasteiger partial charge in [-0.15, -0.1) is 0 Å². The zero-order valence-electron chi connectivity index (χ0n) is 10.5. The van der Waals surface area contributed by atoms with Gasteiger partial charge in [-0.25, -0.2) is 4.79 Å². The van der Waals surface area contributed by atoms with Crippen LogP contribution in [0.3, 0.4) is 0 Å². The second kappa shape index (κ2) is 7.96. The highest BCUT2D eigenvalue weighted by molar-refractivity contribution is 5.77. The van der Waals surface area contributed by atoms with Crippen LogP contribution < -0.4 is 0 Å². The second-order valence-electron chi connectivity index (χ2n) is 4.05. The van der Waals surface area contributed by atoms with Crippen LogP contribution in [-0.4, -0.2) is 43.8 Å². The number of hydrogen-bond donors (Lipinski definition) is 0. The monoisotopic (exact) mass is 231 g/mol. The molecule has 94 valence electrons. The van der Waals surface area contributed by atoms with Crippen molar-refractivity contribution in [3.8, 4) is 0 Å². The Bertz CT molecular complexity index is 228. The average Bonchev–Trinajstić information content (AvgIpc) is 2.22. The van der Waals surface area contributed by atoms with Crippen molar-refractivity contribution < 1.29 is 19.1 Å². The van der Waals surface area contributed by atoms with E-state index in [1.54, 1.807) is 0 Å². The Balaban J connectivity index is 3.81. The van der Waals surface area contributed by atoms with Crippen LogP contribution in [0.1, 0.15) is 27.2 Å². The van der Waals surface area contributed by atoms with E-state index in [-0.39, 0.29) is 12.5 Å². The maximum atomic E-state index is 11.4. The van der Waals surface area contributed by atoms with Gasteiger partial charge in [-0.2, -0.15) is 0 Å². The summed E-state index contributed by atoms with van der Waals surface area (Å²) in [6.45, 7) is 6.47. The Labute approximate surface area is 96.7 Å². The molecule has 0 saturated carbocycles.